The zero-order chi connectivity index (χ0) is 25.2. The summed E-state index contributed by atoms with van der Waals surface area (Å²) in [7, 11) is 1.60. The van der Waals surface area contributed by atoms with Crippen LogP contribution >= 0.6 is 11.6 Å². The van der Waals surface area contributed by atoms with Gasteiger partial charge in [-0.2, -0.15) is 0 Å². The smallest absolute Gasteiger partial charge is 0.227 e. The monoisotopic (exact) mass is 509 g/mol. The number of amides is 1. The van der Waals surface area contributed by atoms with Gasteiger partial charge in [0, 0.05) is 18.7 Å². The topological polar surface area (TPSA) is 111 Å². The maximum absolute atomic E-state index is 14.1. The van der Waals surface area contributed by atoms with Crippen molar-refractivity contribution in [3.63, 3.8) is 0 Å². The van der Waals surface area contributed by atoms with Crippen molar-refractivity contribution in [2.75, 3.05) is 25.5 Å². The largest absolute Gasteiger partial charge is 0.495 e. The van der Waals surface area contributed by atoms with Gasteiger partial charge in [0.2, 0.25) is 11.9 Å². The number of aromatic nitrogens is 4. The number of nitrogens with two attached hydrogens (primary N) is 1. The highest BCUT2D eigenvalue weighted by atomic mass is 35.5. The Kier molecular flexibility index (Phi) is 6.71. The summed E-state index contributed by atoms with van der Waals surface area (Å²) >= 11 is 6.39. The van der Waals surface area contributed by atoms with Crippen molar-refractivity contribution in [2.45, 2.75) is 19.4 Å². The van der Waals surface area contributed by atoms with Crippen molar-refractivity contribution in [1.29, 1.82) is 0 Å². The fourth-order valence-electron chi connectivity index (χ4n) is 4.45. The van der Waals surface area contributed by atoms with E-state index in [0.29, 0.717) is 33.8 Å². The number of hydrogen-bond donors (Lipinski definition) is 2. The molecule has 1 aliphatic rings. The molecule has 0 bridgehead atoms. The normalized spacial score (nSPS) is 14.8. The van der Waals surface area contributed by atoms with Gasteiger partial charge in [-0.3, -0.25) is 14.1 Å². The zero-order valence-corrected chi connectivity index (χ0v) is 20.4. The molecule has 0 radical (unpaired) electrons. The molecule has 0 atom stereocenters. The Labute approximate surface area is 212 Å². The SMILES string of the molecule is COc1cc(CN2CCC(C(N)=O)CC2)ccc1Nc1ncc(Cl)c(-c2cnc3c(F)cccn23)n1. The molecule has 5 rings (SSSR count). The van der Waals surface area contributed by atoms with Crippen molar-refractivity contribution in [3.05, 3.63) is 65.3 Å². The summed E-state index contributed by atoms with van der Waals surface area (Å²) in [6.45, 7) is 2.39. The first-order valence-electron chi connectivity index (χ1n) is 11.5. The minimum absolute atomic E-state index is 0.0359. The number of nitrogens with one attached hydrogen (secondary N) is 1. The van der Waals surface area contributed by atoms with Crippen molar-refractivity contribution in [1.82, 2.24) is 24.3 Å². The molecule has 0 unspecified atom stereocenters. The molecule has 1 amide bonds. The van der Waals surface area contributed by atoms with Crippen LogP contribution in [-0.4, -0.2) is 50.4 Å². The maximum atomic E-state index is 14.1. The molecule has 0 spiro atoms. The van der Waals surface area contributed by atoms with Crippen LogP contribution in [0.2, 0.25) is 5.02 Å². The molecule has 3 N–H and O–H groups in total. The second-order valence-corrected chi connectivity index (χ2v) is 9.10. The van der Waals surface area contributed by atoms with Crippen molar-refractivity contribution in [3.8, 4) is 17.1 Å². The highest BCUT2D eigenvalue weighted by molar-refractivity contribution is 6.32. The number of rotatable bonds is 7. The molecule has 3 aromatic heterocycles. The Hall–Kier alpha value is -3.76. The average Bonchev–Trinajstić information content (AvgIpc) is 3.31. The summed E-state index contributed by atoms with van der Waals surface area (Å²) in [6, 6.07) is 8.82. The molecule has 9 nitrogen and oxygen atoms in total. The highest BCUT2D eigenvalue weighted by Gasteiger charge is 2.23. The zero-order valence-electron chi connectivity index (χ0n) is 19.6. The van der Waals surface area contributed by atoms with E-state index in [2.05, 4.69) is 25.2 Å². The number of imidazole rings is 1. The van der Waals surface area contributed by atoms with Gasteiger partial charge in [0.15, 0.2) is 11.5 Å². The predicted molar refractivity (Wildman–Crippen MR) is 135 cm³/mol. The van der Waals surface area contributed by atoms with Crippen LogP contribution in [0.3, 0.4) is 0 Å². The van der Waals surface area contributed by atoms with Gasteiger partial charge in [-0.15, -0.1) is 0 Å². The first-order chi connectivity index (χ1) is 17.4. The number of likely N-dealkylation sites (tertiary alicyclic amines) is 1. The fourth-order valence-corrected chi connectivity index (χ4v) is 4.64. The van der Waals surface area contributed by atoms with Gasteiger partial charge in [-0.25, -0.2) is 19.3 Å². The number of primary amides is 1. The van der Waals surface area contributed by atoms with Crippen molar-refractivity contribution in [2.24, 2.45) is 11.7 Å². The number of piperidine rings is 1. The van der Waals surface area contributed by atoms with Crippen LogP contribution in [0.15, 0.2) is 48.9 Å². The summed E-state index contributed by atoms with van der Waals surface area (Å²) in [4.78, 5) is 26.7. The summed E-state index contributed by atoms with van der Waals surface area (Å²) in [5, 5.41) is 3.50. The number of ether oxygens (including phenoxy) is 1. The Morgan fingerprint density at radius 3 is 2.81 bits per heavy atom. The van der Waals surface area contributed by atoms with Crippen LogP contribution in [0.25, 0.3) is 17.0 Å². The molecule has 4 aromatic rings. The van der Waals surface area contributed by atoms with Crippen LogP contribution in [0.4, 0.5) is 16.0 Å². The number of nitrogens with zero attached hydrogens (tertiary/aromatic N) is 5. The van der Waals surface area contributed by atoms with Gasteiger partial charge in [0.1, 0.15) is 11.4 Å². The predicted octanol–water partition coefficient (Wildman–Crippen LogP) is 4.03. The molecular weight excluding hydrogens is 485 g/mol. The Bertz CT molecular complexity index is 1420. The first-order valence-corrected chi connectivity index (χ1v) is 11.9. The minimum atomic E-state index is -0.436. The Morgan fingerprint density at radius 1 is 1.25 bits per heavy atom. The lowest BCUT2D eigenvalue weighted by Gasteiger charge is -2.30. The number of anilines is 2. The van der Waals surface area contributed by atoms with Crippen LogP contribution in [0, 0.1) is 11.7 Å². The number of hydrogen-bond acceptors (Lipinski definition) is 7. The second-order valence-electron chi connectivity index (χ2n) is 8.70. The molecule has 0 aliphatic carbocycles. The van der Waals surface area contributed by atoms with E-state index in [1.54, 1.807) is 23.8 Å². The molecule has 186 valence electrons. The summed E-state index contributed by atoms with van der Waals surface area (Å²) in [6.07, 6.45) is 6.27. The lowest BCUT2D eigenvalue weighted by atomic mass is 9.96. The number of methoxy groups -OCH3 is 1. The van der Waals surface area contributed by atoms with Crippen LogP contribution in [-0.2, 0) is 11.3 Å². The third kappa shape index (κ3) is 4.82. The lowest BCUT2D eigenvalue weighted by molar-refractivity contribution is -0.123. The van der Waals surface area contributed by atoms with E-state index in [1.165, 1.54) is 18.5 Å². The molecule has 1 aliphatic heterocycles. The highest BCUT2D eigenvalue weighted by Crippen LogP contribution is 2.32. The summed E-state index contributed by atoms with van der Waals surface area (Å²) < 4.78 is 21.3. The van der Waals surface area contributed by atoms with E-state index in [9.17, 15) is 9.18 Å². The Morgan fingerprint density at radius 2 is 2.06 bits per heavy atom. The van der Waals surface area contributed by atoms with Gasteiger partial charge >= 0.3 is 0 Å². The fraction of sp³-hybridized carbons (Fsp3) is 0.280. The van der Waals surface area contributed by atoms with Crippen LogP contribution < -0.4 is 15.8 Å². The van der Waals surface area contributed by atoms with Crippen molar-refractivity contribution < 1.29 is 13.9 Å². The molecule has 1 saturated heterocycles. The molecule has 1 aromatic carbocycles. The van der Waals surface area contributed by atoms with Crippen molar-refractivity contribution >= 4 is 34.8 Å². The minimum Gasteiger partial charge on any atom is -0.495 e. The molecule has 1 fully saturated rings. The molecule has 4 heterocycles. The number of fused-ring (bicyclic) bond motifs is 1. The molecule has 0 saturated carbocycles. The van der Waals surface area contributed by atoms with Gasteiger partial charge < -0.3 is 15.8 Å². The van der Waals surface area contributed by atoms with E-state index in [1.807, 2.05) is 18.2 Å². The first kappa shape index (κ1) is 24.0. The number of carbonyl (C=O) groups is 1. The van der Waals surface area contributed by atoms with Crippen LogP contribution in [0.5, 0.6) is 5.75 Å². The quantitative estimate of drug-likeness (QED) is 0.387. The summed E-state index contributed by atoms with van der Waals surface area (Å²) in [5.41, 5.74) is 8.36. The van der Waals surface area contributed by atoms with E-state index in [-0.39, 0.29) is 17.5 Å². The van der Waals surface area contributed by atoms with Crippen LogP contribution in [0.1, 0.15) is 18.4 Å². The van der Waals surface area contributed by atoms with E-state index >= 15 is 0 Å². The van der Waals surface area contributed by atoms with Gasteiger partial charge in [0.25, 0.3) is 0 Å². The summed E-state index contributed by atoms with van der Waals surface area (Å²) in [5.74, 6) is 0.255. The number of pyridine rings is 1. The lowest BCUT2D eigenvalue weighted by Crippen LogP contribution is -2.38. The molecular formula is C25H25ClFN7O2. The molecule has 36 heavy (non-hydrogen) atoms. The number of carbonyl (C=O) groups excluding carboxylic acids is 1. The van der Waals surface area contributed by atoms with E-state index in [4.69, 9.17) is 22.1 Å². The third-order valence-electron chi connectivity index (χ3n) is 6.38. The van der Waals surface area contributed by atoms with E-state index < -0.39 is 5.82 Å². The van der Waals surface area contributed by atoms with E-state index in [0.717, 1.165) is 38.0 Å². The van der Waals surface area contributed by atoms with Gasteiger partial charge in [-0.1, -0.05) is 17.7 Å². The van der Waals surface area contributed by atoms with Gasteiger partial charge in [-0.05, 0) is 55.8 Å². The van der Waals surface area contributed by atoms with Gasteiger partial charge in [0.05, 0.1) is 35.9 Å². The number of halogens is 2. The second kappa shape index (κ2) is 10.1. The molecule has 11 heteroatoms. The maximum Gasteiger partial charge on any atom is 0.227 e. The average molecular weight is 510 g/mol. The Balaban J connectivity index is 1.35. The standard InChI is InChI=1S/C25H25ClFN7O2/c1-36-21-11-15(14-33-9-6-16(7-10-33)23(28)35)4-5-19(21)31-25-30-12-17(26)22(32-25)20-13-29-24-18(27)3-2-8-34(20)24/h2-5,8,11-13,16H,6-7,9-10,14H2,1H3,(H2,28,35)(H,30,31,32). The third-order valence-corrected chi connectivity index (χ3v) is 6.66. The number of benzene rings is 1.